The van der Waals surface area contributed by atoms with Gasteiger partial charge in [0, 0.05) is 5.56 Å². The highest BCUT2D eigenvalue weighted by atomic mass is 35.5. The van der Waals surface area contributed by atoms with E-state index < -0.39 is 5.95 Å². The van der Waals surface area contributed by atoms with Crippen LogP contribution >= 0.6 is 11.6 Å². The van der Waals surface area contributed by atoms with E-state index in [1.807, 2.05) is 0 Å². The summed E-state index contributed by atoms with van der Waals surface area (Å²) in [5.74, 6) is 1.23. The number of unbranched alkanes of at least 4 members (excludes halogenated alkanes) is 2. The summed E-state index contributed by atoms with van der Waals surface area (Å²) in [6.45, 7) is 2.28. The van der Waals surface area contributed by atoms with Gasteiger partial charge in [0.05, 0.1) is 0 Å². The largest absolute Gasteiger partial charge is 0.217 e. The number of aryl methyl sites for hydroxylation is 2. The van der Waals surface area contributed by atoms with E-state index in [-0.39, 0.29) is 5.15 Å². The molecule has 1 aromatic heterocycles. The van der Waals surface area contributed by atoms with Crippen molar-refractivity contribution in [2.45, 2.75) is 77.0 Å². The fraction of sp³-hybridized carbons (Fsp3) is 0.542. The van der Waals surface area contributed by atoms with Crippen LogP contribution in [0.4, 0.5) is 4.39 Å². The van der Waals surface area contributed by atoms with E-state index in [1.54, 1.807) is 12.1 Å². The van der Waals surface area contributed by atoms with Gasteiger partial charge in [-0.2, -0.15) is 4.39 Å². The lowest BCUT2D eigenvalue weighted by Crippen LogP contribution is -2.13. The second-order valence-corrected chi connectivity index (χ2v) is 8.43. The van der Waals surface area contributed by atoms with Crippen LogP contribution in [0.25, 0.3) is 0 Å². The predicted octanol–water partition coefficient (Wildman–Crippen LogP) is 7.51. The third-order valence-electron chi connectivity index (χ3n) is 6.09. The molecule has 0 radical (unpaired) electrons. The molecule has 1 fully saturated rings. The first-order valence-electron chi connectivity index (χ1n) is 10.6. The zero-order valence-electron chi connectivity index (χ0n) is 16.4. The summed E-state index contributed by atoms with van der Waals surface area (Å²) in [4.78, 5) is 3.69. The Labute approximate surface area is 168 Å². The van der Waals surface area contributed by atoms with E-state index in [2.05, 4.69) is 36.2 Å². The first-order valence-corrected chi connectivity index (χ1v) is 10.9. The SMILES string of the molecule is CCCCC[C@H]1CC[C@H](c2ccc(CCc3ccc(Cl)nc3F)cc2)CC1. The summed E-state index contributed by atoms with van der Waals surface area (Å²) in [5.41, 5.74) is 3.36. The molecule has 3 heteroatoms. The number of hydrogen-bond acceptors (Lipinski definition) is 1. The van der Waals surface area contributed by atoms with Gasteiger partial charge in [0.2, 0.25) is 5.95 Å². The maximum Gasteiger partial charge on any atom is 0.217 e. The van der Waals surface area contributed by atoms with E-state index in [1.165, 1.54) is 62.5 Å². The molecule has 146 valence electrons. The number of hydrogen-bond donors (Lipinski definition) is 0. The number of pyridine rings is 1. The maximum atomic E-state index is 13.8. The number of rotatable bonds is 8. The molecular weight excluding hydrogens is 357 g/mol. The molecule has 1 aromatic carbocycles. The molecular formula is C24H31ClFN. The first kappa shape index (κ1) is 20.3. The van der Waals surface area contributed by atoms with Crippen molar-refractivity contribution in [2.24, 2.45) is 5.92 Å². The van der Waals surface area contributed by atoms with Crippen LogP contribution in [0.15, 0.2) is 36.4 Å². The third kappa shape index (κ3) is 6.04. The number of halogens is 2. The molecule has 1 heterocycles. The fourth-order valence-corrected chi connectivity index (χ4v) is 4.47. The summed E-state index contributed by atoms with van der Waals surface area (Å²) < 4.78 is 13.8. The van der Waals surface area contributed by atoms with Crippen LogP contribution in [0.3, 0.4) is 0 Å². The average molecular weight is 388 g/mol. The molecule has 0 bridgehead atoms. The lowest BCUT2D eigenvalue weighted by Gasteiger charge is -2.29. The Kier molecular flexibility index (Phi) is 7.70. The van der Waals surface area contributed by atoms with Crippen LogP contribution in [0.1, 0.15) is 80.9 Å². The molecule has 0 amide bonds. The quantitative estimate of drug-likeness (QED) is 0.337. The Balaban J connectivity index is 1.47. The summed E-state index contributed by atoms with van der Waals surface area (Å²) in [7, 11) is 0. The van der Waals surface area contributed by atoms with E-state index in [9.17, 15) is 4.39 Å². The molecule has 0 unspecified atom stereocenters. The van der Waals surface area contributed by atoms with Gasteiger partial charge < -0.3 is 0 Å². The minimum atomic E-state index is -0.449. The highest BCUT2D eigenvalue weighted by Gasteiger charge is 2.21. The van der Waals surface area contributed by atoms with Crippen LogP contribution in [-0.2, 0) is 12.8 Å². The molecule has 1 saturated carbocycles. The van der Waals surface area contributed by atoms with Gasteiger partial charge in [-0.1, -0.05) is 74.5 Å². The molecule has 0 aliphatic heterocycles. The van der Waals surface area contributed by atoms with Crippen LogP contribution in [-0.4, -0.2) is 4.98 Å². The smallest absolute Gasteiger partial charge is 0.208 e. The van der Waals surface area contributed by atoms with Gasteiger partial charge in [0.1, 0.15) is 5.15 Å². The Morgan fingerprint density at radius 2 is 1.70 bits per heavy atom. The highest BCUT2D eigenvalue weighted by Crippen LogP contribution is 2.37. The van der Waals surface area contributed by atoms with E-state index >= 15 is 0 Å². The standard InChI is InChI=1S/C24H31ClFN/c1-2-3-4-5-18-6-11-20(12-7-18)21-13-8-19(9-14-21)10-15-22-16-17-23(25)27-24(22)26/h8-9,13-14,16-18,20H,2-7,10-12,15H2,1H3/t18-,20-. The molecule has 0 saturated heterocycles. The number of aromatic nitrogens is 1. The van der Waals surface area contributed by atoms with E-state index in [0.29, 0.717) is 12.0 Å². The summed E-state index contributed by atoms with van der Waals surface area (Å²) in [6.07, 6.45) is 12.5. The van der Waals surface area contributed by atoms with Crippen molar-refractivity contribution in [3.05, 3.63) is 64.2 Å². The maximum absolute atomic E-state index is 13.8. The lowest BCUT2D eigenvalue weighted by molar-refractivity contribution is 0.303. The molecule has 1 aliphatic carbocycles. The second kappa shape index (κ2) is 10.2. The Morgan fingerprint density at radius 1 is 0.963 bits per heavy atom. The molecule has 2 aromatic rings. The molecule has 0 spiro atoms. The van der Waals surface area contributed by atoms with Crippen molar-refractivity contribution in [3.63, 3.8) is 0 Å². The number of benzene rings is 1. The third-order valence-corrected chi connectivity index (χ3v) is 6.30. The topological polar surface area (TPSA) is 12.9 Å². The van der Waals surface area contributed by atoms with E-state index in [4.69, 9.17) is 11.6 Å². The van der Waals surface area contributed by atoms with Crippen molar-refractivity contribution in [1.29, 1.82) is 0 Å². The fourth-order valence-electron chi connectivity index (χ4n) is 4.33. The molecule has 1 nitrogen and oxygen atoms in total. The molecule has 1 aliphatic rings. The zero-order chi connectivity index (χ0) is 19.1. The van der Waals surface area contributed by atoms with Crippen LogP contribution in [0.5, 0.6) is 0 Å². The highest BCUT2D eigenvalue weighted by molar-refractivity contribution is 6.29. The lowest BCUT2D eigenvalue weighted by atomic mass is 9.77. The molecule has 3 rings (SSSR count). The summed E-state index contributed by atoms with van der Waals surface area (Å²) >= 11 is 5.71. The van der Waals surface area contributed by atoms with Crippen molar-refractivity contribution < 1.29 is 4.39 Å². The van der Waals surface area contributed by atoms with Gasteiger partial charge in [-0.3, -0.25) is 0 Å². The van der Waals surface area contributed by atoms with Crippen LogP contribution in [0.2, 0.25) is 5.15 Å². The minimum Gasteiger partial charge on any atom is -0.208 e. The van der Waals surface area contributed by atoms with Crippen LogP contribution < -0.4 is 0 Å². The predicted molar refractivity (Wildman–Crippen MR) is 112 cm³/mol. The summed E-state index contributed by atoms with van der Waals surface area (Å²) in [5, 5.41) is 0.209. The van der Waals surface area contributed by atoms with Gasteiger partial charge in [-0.15, -0.1) is 0 Å². The Hall–Kier alpha value is -1.41. The van der Waals surface area contributed by atoms with Gasteiger partial charge >= 0.3 is 0 Å². The monoisotopic (exact) mass is 387 g/mol. The second-order valence-electron chi connectivity index (χ2n) is 8.04. The normalized spacial score (nSPS) is 20.0. The van der Waals surface area contributed by atoms with Gasteiger partial charge in [-0.05, 0) is 67.6 Å². The van der Waals surface area contributed by atoms with E-state index in [0.717, 1.165) is 18.3 Å². The number of nitrogens with zero attached hydrogens (tertiary/aromatic N) is 1. The molecule has 0 atom stereocenters. The molecule has 27 heavy (non-hydrogen) atoms. The van der Waals surface area contributed by atoms with Crippen molar-refractivity contribution >= 4 is 11.6 Å². The Morgan fingerprint density at radius 3 is 2.37 bits per heavy atom. The van der Waals surface area contributed by atoms with Crippen LogP contribution in [0, 0.1) is 11.9 Å². The first-order chi connectivity index (χ1) is 13.2. The minimum absolute atomic E-state index is 0.209. The zero-order valence-corrected chi connectivity index (χ0v) is 17.1. The van der Waals surface area contributed by atoms with Crippen molar-refractivity contribution in [1.82, 2.24) is 4.98 Å². The van der Waals surface area contributed by atoms with Gasteiger partial charge in [0.25, 0.3) is 0 Å². The summed E-state index contributed by atoms with van der Waals surface area (Å²) in [6, 6.07) is 12.4. The van der Waals surface area contributed by atoms with Crippen molar-refractivity contribution in [3.8, 4) is 0 Å². The average Bonchev–Trinajstić information content (AvgIpc) is 2.69. The molecule has 0 N–H and O–H groups in total. The van der Waals surface area contributed by atoms with Crippen molar-refractivity contribution in [2.75, 3.05) is 0 Å². The Bertz CT molecular complexity index is 705. The van der Waals surface area contributed by atoms with Gasteiger partial charge in [0.15, 0.2) is 0 Å². The van der Waals surface area contributed by atoms with Gasteiger partial charge in [-0.25, -0.2) is 4.98 Å².